The molecule has 1 aliphatic heterocycles. The van der Waals surface area contributed by atoms with Crippen molar-refractivity contribution in [3.05, 3.63) is 29.2 Å². The van der Waals surface area contributed by atoms with Gasteiger partial charge in [-0.05, 0) is 31.7 Å². The summed E-state index contributed by atoms with van der Waals surface area (Å²) in [6.45, 7) is 5.79. The molecule has 21 heavy (non-hydrogen) atoms. The minimum Gasteiger partial charge on any atom is -0.352 e. The fraction of sp³-hybridized carbons (Fsp3) is 0.467. The third-order valence-corrected chi connectivity index (χ3v) is 3.92. The minimum atomic E-state index is -0.323. The molecule has 0 atom stereocenters. The highest BCUT2D eigenvalue weighted by atomic mass is 19.1. The molecule has 0 spiro atoms. The first-order valence-corrected chi connectivity index (χ1v) is 7.19. The number of piperazine rings is 1. The van der Waals surface area contributed by atoms with E-state index in [0.29, 0.717) is 17.6 Å². The fourth-order valence-corrected chi connectivity index (χ4v) is 2.69. The molecule has 2 N–H and O–H groups in total. The van der Waals surface area contributed by atoms with E-state index in [1.165, 1.54) is 6.07 Å². The van der Waals surface area contributed by atoms with Crippen LogP contribution in [0.4, 0.5) is 10.2 Å². The van der Waals surface area contributed by atoms with E-state index < -0.39 is 0 Å². The molecule has 0 amide bonds. The maximum absolute atomic E-state index is 14.1. The molecule has 112 valence electrons. The van der Waals surface area contributed by atoms with Gasteiger partial charge in [-0.1, -0.05) is 0 Å². The summed E-state index contributed by atoms with van der Waals surface area (Å²) < 4.78 is 14.1. The third-order valence-electron chi connectivity index (χ3n) is 3.92. The van der Waals surface area contributed by atoms with Gasteiger partial charge in [0.05, 0.1) is 11.2 Å². The molecule has 0 radical (unpaired) electrons. The topological polar surface area (TPSA) is 58.3 Å². The Bertz CT molecular complexity index is 665. The maximum Gasteiger partial charge on any atom is 0.152 e. The zero-order chi connectivity index (χ0) is 15.0. The monoisotopic (exact) mass is 289 g/mol. The number of anilines is 1. The number of hydrogen-bond acceptors (Lipinski definition) is 5. The van der Waals surface area contributed by atoms with E-state index in [-0.39, 0.29) is 5.82 Å². The van der Waals surface area contributed by atoms with Crippen LogP contribution in [0.15, 0.2) is 12.1 Å². The Hall–Kier alpha value is -1.79. The number of aryl methyl sites for hydroxylation is 1. The highest BCUT2D eigenvalue weighted by Crippen LogP contribution is 2.24. The molecule has 0 aliphatic carbocycles. The third kappa shape index (κ3) is 2.69. The second-order valence-electron chi connectivity index (χ2n) is 5.60. The molecule has 0 unspecified atom stereocenters. The van der Waals surface area contributed by atoms with Gasteiger partial charge in [0.2, 0.25) is 0 Å². The lowest BCUT2D eigenvalue weighted by Crippen LogP contribution is -2.45. The highest BCUT2D eigenvalue weighted by molar-refractivity contribution is 5.78. The van der Waals surface area contributed by atoms with E-state index in [1.54, 1.807) is 0 Å². The van der Waals surface area contributed by atoms with Crippen molar-refractivity contribution in [1.29, 1.82) is 0 Å². The van der Waals surface area contributed by atoms with Crippen LogP contribution in [0.2, 0.25) is 0 Å². The fourth-order valence-electron chi connectivity index (χ4n) is 2.69. The van der Waals surface area contributed by atoms with Gasteiger partial charge in [0.1, 0.15) is 5.52 Å². The molecule has 0 bridgehead atoms. The number of benzene rings is 1. The van der Waals surface area contributed by atoms with Gasteiger partial charge in [-0.2, -0.15) is 0 Å². The van der Waals surface area contributed by atoms with Crippen LogP contribution >= 0.6 is 0 Å². The molecule has 3 rings (SSSR count). The Morgan fingerprint density at radius 1 is 1.19 bits per heavy atom. The van der Waals surface area contributed by atoms with Gasteiger partial charge in [-0.15, -0.1) is 0 Å². The molecule has 1 saturated heterocycles. The van der Waals surface area contributed by atoms with Gasteiger partial charge in [0, 0.05) is 32.7 Å². The zero-order valence-electron chi connectivity index (χ0n) is 12.4. The quantitative estimate of drug-likeness (QED) is 0.903. The van der Waals surface area contributed by atoms with Crippen molar-refractivity contribution in [2.24, 2.45) is 5.73 Å². The second kappa shape index (κ2) is 5.54. The van der Waals surface area contributed by atoms with Gasteiger partial charge in [0.25, 0.3) is 0 Å². The van der Waals surface area contributed by atoms with E-state index in [1.807, 2.05) is 13.0 Å². The number of nitrogens with zero attached hydrogens (tertiary/aromatic N) is 4. The summed E-state index contributed by atoms with van der Waals surface area (Å²) in [6, 6.07) is 3.34. The van der Waals surface area contributed by atoms with E-state index >= 15 is 0 Å². The van der Waals surface area contributed by atoms with Crippen molar-refractivity contribution < 1.29 is 4.39 Å². The summed E-state index contributed by atoms with van der Waals surface area (Å²) in [7, 11) is 2.09. The second-order valence-corrected chi connectivity index (χ2v) is 5.60. The predicted octanol–water partition coefficient (Wildman–Crippen LogP) is 1.29. The summed E-state index contributed by atoms with van der Waals surface area (Å²) in [5.74, 6) is 0.400. The van der Waals surface area contributed by atoms with Crippen LogP contribution in [-0.2, 0) is 6.54 Å². The normalized spacial score (nSPS) is 16.7. The molecule has 5 nitrogen and oxygen atoms in total. The minimum absolute atomic E-state index is 0.306. The summed E-state index contributed by atoms with van der Waals surface area (Å²) in [4.78, 5) is 13.5. The molecule has 0 saturated carbocycles. The lowest BCUT2D eigenvalue weighted by Gasteiger charge is -2.34. The Labute approximate surface area is 123 Å². The first-order valence-electron chi connectivity index (χ1n) is 7.19. The standard InChI is InChI=1S/C15H20FN5/c1-10-7-11(16)14-12(8-10)18-13(9-17)15(19-14)21-5-3-20(2)4-6-21/h7-8H,3-6,9,17H2,1-2H3. The summed E-state index contributed by atoms with van der Waals surface area (Å²) in [5, 5.41) is 0. The number of halogens is 1. The van der Waals surface area contributed by atoms with Crippen LogP contribution < -0.4 is 10.6 Å². The molecule has 2 aromatic rings. The van der Waals surface area contributed by atoms with Crippen molar-refractivity contribution in [1.82, 2.24) is 14.9 Å². The maximum atomic E-state index is 14.1. The number of nitrogens with two attached hydrogens (primary N) is 1. The lowest BCUT2D eigenvalue weighted by atomic mass is 10.2. The van der Waals surface area contributed by atoms with E-state index in [2.05, 4.69) is 26.8 Å². The van der Waals surface area contributed by atoms with Crippen molar-refractivity contribution in [3.63, 3.8) is 0 Å². The molecule has 1 aliphatic rings. The Balaban J connectivity index is 2.09. The SMILES string of the molecule is Cc1cc(F)c2nc(N3CCN(C)CC3)c(CN)nc2c1. The van der Waals surface area contributed by atoms with Crippen molar-refractivity contribution >= 4 is 16.9 Å². The van der Waals surface area contributed by atoms with Crippen LogP contribution in [0.1, 0.15) is 11.3 Å². The molecular formula is C15H20FN5. The highest BCUT2D eigenvalue weighted by Gasteiger charge is 2.20. The number of fused-ring (bicyclic) bond motifs is 1. The van der Waals surface area contributed by atoms with Crippen LogP contribution in [0, 0.1) is 12.7 Å². The molecule has 1 aromatic heterocycles. The molecular weight excluding hydrogens is 269 g/mol. The summed E-state index contributed by atoms with van der Waals surface area (Å²) in [6.07, 6.45) is 0. The molecule has 1 aromatic carbocycles. The van der Waals surface area contributed by atoms with Crippen LogP contribution in [-0.4, -0.2) is 48.1 Å². The van der Waals surface area contributed by atoms with Gasteiger partial charge in [-0.3, -0.25) is 0 Å². The number of aromatic nitrogens is 2. The van der Waals surface area contributed by atoms with Gasteiger partial charge >= 0.3 is 0 Å². The lowest BCUT2D eigenvalue weighted by molar-refractivity contribution is 0.311. The Morgan fingerprint density at radius 3 is 2.57 bits per heavy atom. The zero-order valence-corrected chi connectivity index (χ0v) is 12.4. The van der Waals surface area contributed by atoms with Crippen molar-refractivity contribution in [3.8, 4) is 0 Å². The van der Waals surface area contributed by atoms with Crippen molar-refractivity contribution in [2.45, 2.75) is 13.5 Å². The van der Waals surface area contributed by atoms with Crippen LogP contribution in [0.3, 0.4) is 0 Å². The average molecular weight is 289 g/mol. The first-order chi connectivity index (χ1) is 10.1. The summed E-state index contributed by atoms with van der Waals surface area (Å²) >= 11 is 0. The molecule has 2 heterocycles. The van der Waals surface area contributed by atoms with E-state index in [9.17, 15) is 4.39 Å². The van der Waals surface area contributed by atoms with Gasteiger partial charge < -0.3 is 15.5 Å². The summed E-state index contributed by atoms with van der Waals surface area (Å²) in [5.41, 5.74) is 8.29. The van der Waals surface area contributed by atoms with Gasteiger partial charge in [-0.25, -0.2) is 14.4 Å². The Kier molecular flexibility index (Phi) is 3.73. The van der Waals surface area contributed by atoms with E-state index in [4.69, 9.17) is 5.73 Å². The van der Waals surface area contributed by atoms with Crippen molar-refractivity contribution in [2.75, 3.05) is 38.1 Å². The number of hydrogen-bond donors (Lipinski definition) is 1. The van der Waals surface area contributed by atoms with E-state index in [0.717, 1.165) is 43.3 Å². The molecule has 6 heteroatoms. The Morgan fingerprint density at radius 2 is 1.90 bits per heavy atom. The molecule has 1 fully saturated rings. The smallest absolute Gasteiger partial charge is 0.152 e. The largest absolute Gasteiger partial charge is 0.352 e. The van der Waals surface area contributed by atoms with Crippen LogP contribution in [0.25, 0.3) is 11.0 Å². The van der Waals surface area contributed by atoms with Gasteiger partial charge in [0.15, 0.2) is 11.6 Å². The average Bonchev–Trinajstić information content (AvgIpc) is 2.47. The van der Waals surface area contributed by atoms with Crippen LogP contribution in [0.5, 0.6) is 0 Å². The first kappa shape index (κ1) is 14.2. The number of likely N-dealkylation sites (N-methyl/N-ethyl adjacent to an activating group) is 1. The number of rotatable bonds is 2. The predicted molar refractivity (Wildman–Crippen MR) is 81.8 cm³/mol.